The molecule has 0 atom stereocenters. The summed E-state index contributed by atoms with van der Waals surface area (Å²) in [5.41, 5.74) is 5.01. The zero-order valence-corrected chi connectivity index (χ0v) is 13.4. The Bertz CT molecular complexity index is 1200. The lowest BCUT2D eigenvalue weighted by Gasteiger charge is -2.08. The highest BCUT2D eigenvalue weighted by molar-refractivity contribution is 6.07. The lowest BCUT2D eigenvalue weighted by atomic mass is 10.1. The predicted molar refractivity (Wildman–Crippen MR) is 97.7 cm³/mol. The van der Waals surface area contributed by atoms with E-state index >= 15 is 0 Å². The van der Waals surface area contributed by atoms with E-state index in [1.807, 2.05) is 24.3 Å². The minimum absolute atomic E-state index is 0.866. The van der Waals surface area contributed by atoms with E-state index in [1.54, 1.807) is 0 Å². The standard InChI is InChI=1S/C21H16N2O/c1-2-20-22-16-10-4-5-11-17(16)23(20)18-12-7-9-15-14-8-3-6-13-19(14)24-21(15)18/h3-13H,2H2,1H3. The molecule has 2 heterocycles. The van der Waals surface area contributed by atoms with Gasteiger partial charge >= 0.3 is 0 Å². The van der Waals surface area contributed by atoms with E-state index in [-0.39, 0.29) is 0 Å². The van der Waals surface area contributed by atoms with Crippen LogP contribution < -0.4 is 0 Å². The van der Waals surface area contributed by atoms with Gasteiger partial charge in [0.1, 0.15) is 11.4 Å². The number of para-hydroxylation sites is 4. The summed E-state index contributed by atoms with van der Waals surface area (Å²) in [7, 11) is 0. The zero-order valence-electron chi connectivity index (χ0n) is 13.4. The van der Waals surface area contributed by atoms with Crippen molar-refractivity contribution in [3.8, 4) is 5.69 Å². The minimum Gasteiger partial charge on any atom is -0.454 e. The van der Waals surface area contributed by atoms with Crippen molar-refractivity contribution in [3.63, 3.8) is 0 Å². The molecule has 0 aliphatic heterocycles. The highest BCUT2D eigenvalue weighted by Crippen LogP contribution is 2.34. The number of hydrogen-bond acceptors (Lipinski definition) is 2. The molecular formula is C21H16N2O. The molecule has 0 saturated carbocycles. The molecule has 0 aliphatic rings. The highest BCUT2D eigenvalue weighted by atomic mass is 16.3. The van der Waals surface area contributed by atoms with Crippen LogP contribution in [-0.2, 0) is 6.42 Å². The molecule has 2 aromatic heterocycles. The van der Waals surface area contributed by atoms with Crippen molar-refractivity contribution in [1.82, 2.24) is 9.55 Å². The first-order chi connectivity index (χ1) is 11.9. The molecule has 0 bridgehead atoms. The number of benzene rings is 3. The highest BCUT2D eigenvalue weighted by Gasteiger charge is 2.16. The van der Waals surface area contributed by atoms with Crippen LogP contribution in [0.25, 0.3) is 38.7 Å². The normalized spacial score (nSPS) is 11.7. The van der Waals surface area contributed by atoms with Crippen molar-refractivity contribution >= 4 is 33.0 Å². The summed E-state index contributed by atoms with van der Waals surface area (Å²) in [6, 6.07) is 22.8. The molecule has 24 heavy (non-hydrogen) atoms. The Morgan fingerprint density at radius 1 is 0.875 bits per heavy atom. The Kier molecular flexibility index (Phi) is 2.77. The van der Waals surface area contributed by atoms with Gasteiger partial charge in [0.05, 0.1) is 16.7 Å². The van der Waals surface area contributed by atoms with Crippen LogP contribution in [0.15, 0.2) is 71.1 Å². The summed E-state index contributed by atoms with van der Waals surface area (Å²) >= 11 is 0. The molecule has 0 N–H and O–H groups in total. The van der Waals surface area contributed by atoms with Gasteiger partial charge in [0.25, 0.3) is 0 Å². The first kappa shape index (κ1) is 13.4. The van der Waals surface area contributed by atoms with E-state index in [4.69, 9.17) is 9.40 Å². The number of aryl methyl sites for hydroxylation is 1. The average Bonchev–Trinajstić information content (AvgIpc) is 3.19. The third-order valence-corrected chi connectivity index (χ3v) is 4.57. The van der Waals surface area contributed by atoms with E-state index in [1.165, 1.54) is 0 Å². The van der Waals surface area contributed by atoms with Crippen LogP contribution >= 0.6 is 0 Å². The second kappa shape index (κ2) is 4.96. The van der Waals surface area contributed by atoms with Gasteiger partial charge in [-0.3, -0.25) is 4.57 Å². The second-order valence-corrected chi connectivity index (χ2v) is 5.96. The summed E-state index contributed by atoms with van der Waals surface area (Å²) in [6.07, 6.45) is 0.866. The zero-order chi connectivity index (χ0) is 16.1. The number of furan rings is 1. The van der Waals surface area contributed by atoms with Crippen LogP contribution in [0.3, 0.4) is 0 Å². The molecule has 0 amide bonds. The van der Waals surface area contributed by atoms with E-state index < -0.39 is 0 Å². The minimum atomic E-state index is 0.866. The molecule has 0 aliphatic carbocycles. The fourth-order valence-electron chi connectivity index (χ4n) is 3.49. The van der Waals surface area contributed by atoms with Crippen molar-refractivity contribution in [3.05, 3.63) is 72.6 Å². The van der Waals surface area contributed by atoms with E-state index in [0.717, 1.165) is 50.9 Å². The fourth-order valence-corrected chi connectivity index (χ4v) is 3.49. The molecule has 116 valence electrons. The first-order valence-corrected chi connectivity index (χ1v) is 8.24. The average molecular weight is 312 g/mol. The largest absolute Gasteiger partial charge is 0.454 e. The van der Waals surface area contributed by atoms with Crippen molar-refractivity contribution in [2.45, 2.75) is 13.3 Å². The van der Waals surface area contributed by atoms with Gasteiger partial charge < -0.3 is 4.42 Å². The molecule has 0 unspecified atom stereocenters. The third-order valence-electron chi connectivity index (χ3n) is 4.57. The quantitative estimate of drug-likeness (QED) is 0.432. The fraction of sp³-hybridized carbons (Fsp3) is 0.0952. The van der Waals surface area contributed by atoms with E-state index in [2.05, 4.69) is 54.0 Å². The van der Waals surface area contributed by atoms with Crippen molar-refractivity contribution in [2.75, 3.05) is 0 Å². The molecule has 3 heteroatoms. The molecule has 5 aromatic rings. The molecular weight excluding hydrogens is 296 g/mol. The van der Waals surface area contributed by atoms with Crippen LogP contribution in [0, 0.1) is 0 Å². The maximum Gasteiger partial charge on any atom is 0.159 e. The predicted octanol–water partition coefficient (Wildman–Crippen LogP) is 5.49. The SMILES string of the molecule is CCc1nc2ccccc2n1-c1cccc2c1oc1ccccc12. The van der Waals surface area contributed by atoms with Gasteiger partial charge in [-0.05, 0) is 24.3 Å². The number of imidazole rings is 1. The van der Waals surface area contributed by atoms with Crippen molar-refractivity contribution in [2.24, 2.45) is 0 Å². The first-order valence-electron chi connectivity index (χ1n) is 8.24. The molecule has 5 rings (SSSR count). The summed E-state index contributed by atoms with van der Waals surface area (Å²) in [6.45, 7) is 2.14. The molecule has 0 spiro atoms. The van der Waals surface area contributed by atoms with Gasteiger partial charge in [-0.15, -0.1) is 0 Å². The monoisotopic (exact) mass is 312 g/mol. The topological polar surface area (TPSA) is 31.0 Å². The van der Waals surface area contributed by atoms with Crippen LogP contribution in [0.1, 0.15) is 12.7 Å². The smallest absolute Gasteiger partial charge is 0.159 e. The number of hydrogen-bond donors (Lipinski definition) is 0. The Labute approximate surface area is 139 Å². The van der Waals surface area contributed by atoms with Gasteiger partial charge in [0.15, 0.2) is 5.58 Å². The van der Waals surface area contributed by atoms with Gasteiger partial charge in [-0.25, -0.2) is 4.98 Å². The van der Waals surface area contributed by atoms with Crippen molar-refractivity contribution in [1.29, 1.82) is 0 Å². The summed E-state index contributed by atoms with van der Waals surface area (Å²) in [4.78, 5) is 4.79. The number of fused-ring (bicyclic) bond motifs is 4. The van der Waals surface area contributed by atoms with Crippen LogP contribution in [-0.4, -0.2) is 9.55 Å². The van der Waals surface area contributed by atoms with Gasteiger partial charge in [0.2, 0.25) is 0 Å². The Morgan fingerprint density at radius 3 is 2.58 bits per heavy atom. The number of aromatic nitrogens is 2. The molecule has 0 fully saturated rings. The van der Waals surface area contributed by atoms with Gasteiger partial charge in [-0.2, -0.15) is 0 Å². The van der Waals surface area contributed by atoms with E-state index in [0.29, 0.717) is 0 Å². The van der Waals surface area contributed by atoms with Gasteiger partial charge in [0, 0.05) is 17.2 Å². The summed E-state index contributed by atoms with van der Waals surface area (Å²) in [5.74, 6) is 1.05. The van der Waals surface area contributed by atoms with Crippen LogP contribution in [0.5, 0.6) is 0 Å². The molecule has 3 nitrogen and oxygen atoms in total. The second-order valence-electron chi connectivity index (χ2n) is 5.96. The molecule has 0 saturated heterocycles. The van der Waals surface area contributed by atoms with Crippen LogP contribution in [0.2, 0.25) is 0 Å². The number of rotatable bonds is 2. The van der Waals surface area contributed by atoms with Crippen LogP contribution in [0.4, 0.5) is 0 Å². The Hall–Kier alpha value is -3.07. The maximum absolute atomic E-state index is 6.21. The van der Waals surface area contributed by atoms with Gasteiger partial charge in [-0.1, -0.05) is 49.4 Å². The lowest BCUT2D eigenvalue weighted by molar-refractivity contribution is 0.664. The lowest BCUT2D eigenvalue weighted by Crippen LogP contribution is -2.00. The maximum atomic E-state index is 6.21. The Morgan fingerprint density at radius 2 is 1.67 bits per heavy atom. The Balaban J connectivity index is 1.93. The van der Waals surface area contributed by atoms with Crippen molar-refractivity contribution < 1.29 is 4.42 Å². The molecule has 3 aromatic carbocycles. The third kappa shape index (κ3) is 1.75. The molecule has 0 radical (unpaired) electrons. The van der Waals surface area contributed by atoms with E-state index in [9.17, 15) is 0 Å². The summed E-state index contributed by atoms with van der Waals surface area (Å²) in [5, 5.41) is 2.29. The number of nitrogens with zero attached hydrogens (tertiary/aromatic N) is 2. The summed E-state index contributed by atoms with van der Waals surface area (Å²) < 4.78 is 8.43.